The number of carbonyl (C=O) groups excluding carboxylic acids is 1. The van der Waals surface area contributed by atoms with Gasteiger partial charge < -0.3 is 9.64 Å². The van der Waals surface area contributed by atoms with Gasteiger partial charge in [0, 0.05) is 23.9 Å². The van der Waals surface area contributed by atoms with Crippen LogP contribution in [0.5, 0.6) is 0 Å². The maximum absolute atomic E-state index is 12.5. The maximum atomic E-state index is 12.5. The molecule has 0 aromatic carbocycles. The van der Waals surface area contributed by atoms with Crippen LogP contribution in [0, 0.1) is 6.92 Å². The number of anilines is 2. The van der Waals surface area contributed by atoms with Crippen molar-refractivity contribution in [2.75, 3.05) is 11.4 Å². The summed E-state index contributed by atoms with van der Waals surface area (Å²) in [5.41, 5.74) is 3.45. The van der Waals surface area contributed by atoms with E-state index in [1.807, 2.05) is 37.8 Å². The summed E-state index contributed by atoms with van der Waals surface area (Å²) < 4.78 is 5.35. The molecule has 130 valence electrons. The lowest BCUT2D eigenvalue weighted by Crippen LogP contribution is -2.24. The van der Waals surface area contributed by atoms with Gasteiger partial charge >= 0.3 is 5.97 Å². The molecule has 1 fully saturated rings. The van der Waals surface area contributed by atoms with Gasteiger partial charge in [-0.2, -0.15) is 4.98 Å². The Morgan fingerprint density at radius 2 is 2.08 bits per heavy atom. The third-order valence-corrected chi connectivity index (χ3v) is 4.86. The lowest BCUT2D eigenvalue weighted by Gasteiger charge is -2.21. The molecule has 25 heavy (non-hydrogen) atoms. The summed E-state index contributed by atoms with van der Waals surface area (Å²) in [5, 5.41) is 0.106. The Balaban J connectivity index is 1.81. The normalized spacial score (nSPS) is 17.1. The molecule has 0 amide bonds. The number of nitrogens with zero attached hydrogens (tertiary/aromatic N) is 4. The second kappa shape index (κ2) is 5.66. The van der Waals surface area contributed by atoms with Crippen LogP contribution in [0.4, 0.5) is 11.5 Å². The minimum Gasteiger partial charge on any atom is -0.459 e. The highest BCUT2D eigenvalue weighted by molar-refractivity contribution is 6.28. The van der Waals surface area contributed by atoms with Crippen LogP contribution in [0.15, 0.2) is 18.3 Å². The average molecular weight is 359 g/mol. The molecule has 6 nitrogen and oxygen atoms in total. The lowest BCUT2D eigenvalue weighted by atomic mass is 10.0. The van der Waals surface area contributed by atoms with E-state index in [4.69, 9.17) is 21.3 Å². The minimum atomic E-state index is -0.444. The summed E-state index contributed by atoms with van der Waals surface area (Å²) in [6, 6.07) is 4.01. The van der Waals surface area contributed by atoms with Gasteiger partial charge in [-0.25, -0.2) is 9.78 Å². The fraction of sp³-hybridized carbons (Fsp3) is 0.444. The second-order valence-electron chi connectivity index (χ2n) is 7.02. The number of halogens is 1. The van der Waals surface area contributed by atoms with Crippen LogP contribution in [-0.4, -0.2) is 33.6 Å². The van der Waals surface area contributed by atoms with Crippen molar-refractivity contribution in [3.63, 3.8) is 0 Å². The Bertz CT molecular complexity index is 864. The van der Waals surface area contributed by atoms with Crippen LogP contribution in [0.2, 0.25) is 5.28 Å². The maximum Gasteiger partial charge on any atom is 0.343 e. The molecule has 2 aromatic heterocycles. The number of hydrogen-bond acceptors (Lipinski definition) is 6. The Kier molecular flexibility index (Phi) is 3.68. The summed E-state index contributed by atoms with van der Waals surface area (Å²) in [5.74, 6) is 0.0429. The highest BCUT2D eigenvalue weighted by atomic mass is 35.5. The number of aromatic nitrogens is 3. The Morgan fingerprint density at radius 1 is 1.32 bits per heavy atom. The lowest BCUT2D eigenvalue weighted by molar-refractivity contribution is 0.0378. The highest BCUT2D eigenvalue weighted by Gasteiger charge is 2.54. The first-order chi connectivity index (χ1) is 11.9. The van der Waals surface area contributed by atoms with Gasteiger partial charge in [-0.05, 0) is 57.3 Å². The second-order valence-corrected chi connectivity index (χ2v) is 7.36. The van der Waals surface area contributed by atoms with Crippen molar-refractivity contribution in [3.8, 4) is 0 Å². The molecule has 0 saturated heterocycles. The van der Waals surface area contributed by atoms with Crippen LogP contribution < -0.4 is 4.90 Å². The number of rotatable bonds is 3. The summed E-state index contributed by atoms with van der Waals surface area (Å²) in [6.45, 7) is 6.36. The zero-order valence-electron chi connectivity index (χ0n) is 14.4. The highest BCUT2D eigenvalue weighted by Crippen LogP contribution is 2.57. The molecule has 0 radical (unpaired) electrons. The summed E-state index contributed by atoms with van der Waals surface area (Å²) in [7, 11) is 0. The zero-order chi connectivity index (χ0) is 17.8. The molecule has 4 rings (SSSR count). The molecule has 1 spiro atoms. The van der Waals surface area contributed by atoms with Crippen molar-refractivity contribution < 1.29 is 9.53 Å². The van der Waals surface area contributed by atoms with Gasteiger partial charge in [0.1, 0.15) is 5.56 Å². The molecule has 0 atom stereocenters. The van der Waals surface area contributed by atoms with Crippen LogP contribution >= 0.6 is 11.6 Å². The van der Waals surface area contributed by atoms with Crippen molar-refractivity contribution in [1.82, 2.24) is 15.0 Å². The first kappa shape index (κ1) is 16.3. The molecule has 0 bridgehead atoms. The van der Waals surface area contributed by atoms with E-state index in [2.05, 4.69) is 9.97 Å². The van der Waals surface area contributed by atoms with E-state index in [1.165, 1.54) is 6.20 Å². The van der Waals surface area contributed by atoms with Crippen molar-refractivity contribution in [2.45, 2.75) is 45.1 Å². The number of hydrogen-bond donors (Lipinski definition) is 0. The first-order valence-corrected chi connectivity index (χ1v) is 8.77. The van der Waals surface area contributed by atoms with E-state index in [-0.39, 0.29) is 16.8 Å². The van der Waals surface area contributed by atoms with Gasteiger partial charge in [0.25, 0.3) is 0 Å². The van der Waals surface area contributed by atoms with Crippen molar-refractivity contribution in [3.05, 3.63) is 40.6 Å². The topological polar surface area (TPSA) is 68.2 Å². The fourth-order valence-electron chi connectivity index (χ4n) is 3.33. The number of pyridine rings is 1. The predicted molar refractivity (Wildman–Crippen MR) is 94.5 cm³/mol. The van der Waals surface area contributed by atoms with Gasteiger partial charge in [-0.3, -0.25) is 4.98 Å². The molecule has 0 N–H and O–H groups in total. The Labute approximate surface area is 151 Å². The smallest absolute Gasteiger partial charge is 0.343 e. The summed E-state index contributed by atoms with van der Waals surface area (Å²) in [4.78, 5) is 27.6. The summed E-state index contributed by atoms with van der Waals surface area (Å²) >= 11 is 6.03. The van der Waals surface area contributed by atoms with Crippen molar-refractivity contribution in [1.29, 1.82) is 0 Å². The minimum absolute atomic E-state index is 0.0675. The molecule has 0 unspecified atom stereocenters. The molecule has 1 aliphatic heterocycles. The van der Waals surface area contributed by atoms with Crippen LogP contribution in [0.3, 0.4) is 0 Å². The monoisotopic (exact) mass is 358 g/mol. The SMILES string of the molecule is Cc1ccc2c(n1)C1(CC1)CN2c1nc(Cl)ncc1C(=O)OC(C)C. The van der Waals surface area contributed by atoms with Crippen molar-refractivity contribution >= 4 is 29.1 Å². The number of aryl methyl sites for hydroxylation is 1. The van der Waals surface area contributed by atoms with Crippen LogP contribution in [-0.2, 0) is 10.2 Å². The number of esters is 1. The largest absolute Gasteiger partial charge is 0.459 e. The molecule has 1 aliphatic carbocycles. The summed E-state index contributed by atoms with van der Waals surface area (Å²) in [6.07, 6.45) is 3.41. The fourth-order valence-corrected chi connectivity index (χ4v) is 3.46. The van der Waals surface area contributed by atoms with Gasteiger partial charge in [0.15, 0.2) is 5.82 Å². The van der Waals surface area contributed by atoms with E-state index in [1.54, 1.807) is 0 Å². The molecule has 2 aromatic rings. The molecule has 1 saturated carbocycles. The van der Waals surface area contributed by atoms with Crippen molar-refractivity contribution in [2.24, 2.45) is 0 Å². The predicted octanol–water partition coefficient (Wildman–Crippen LogP) is 3.58. The van der Waals surface area contributed by atoms with Crippen LogP contribution in [0.25, 0.3) is 0 Å². The standard InChI is InChI=1S/C18H19ClN4O2/c1-10(2)25-16(24)12-8-20-17(19)22-15(12)23-9-18(6-7-18)14-13(23)5-4-11(3)21-14/h4-5,8,10H,6-7,9H2,1-3H3. The van der Waals surface area contributed by atoms with Gasteiger partial charge in [0.2, 0.25) is 5.28 Å². The number of fused-ring (bicyclic) bond motifs is 2. The first-order valence-electron chi connectivity index (χ1n) is 8.39. The van der Waals surface area contributed by atoms with Gasteiger partial charge in [0.05, 0.1) is 17.5 Å². The Hall–Kier alpha value is -2.21. The third-order valence-electron chi connectivity index (χ3n) is 4.68. The molecule has 7 heteroatoms. The molecule has 2 aliphatic rings. The van der Waals surface area contributed by atoms with Gasteiger partial charge in [-0.15, -0.1) is 0 Å². The number of ether oxygens (including phenoxy) is 1. The van der Waals surface area contributed by atoms with E-state index in [0.29, 0.717) is 11.4 Å². The van der Waals surface area contributed by atoms with E-state index < -0.39 is 5.97 Å². The van der Waals surface area contributed by atoms with E-state index in [0.717, 1.165) is 36.5 Å². The molecule has 3 heterocycles. The zero-order valence-corrected chi connectivity index (χ0v) is 15.2. The quantitative estimate of drug-likeness (QED) is 0.617. The van der Waals surface area contributed by atoms with E-state index in [9.17, 15) is 4.79 Å². The molecular formula is C18H19ClN4O2. The van der Waals surface area contributed by atoms with E-state index >= 15 is 0 Å². The van der Waals surface area contributed by atoms with Crippen LogP contribution in [0.1, 0.15) is 48.4 Å². The molecular weight excluding hydrogens is 340 g/mol. The third kappa shape index (κ3) is 2.74. The Morgan fingerprint density at radius 3 is 2.76 bits per heavy atom. The van der Waals surface area contributed by atoms with Gasteiger partial charge in [-0.1, -0.05) is 0 Å². The average Bonchev–Trinajstić information content (AvgIpc) is 3.25. The number of carbonyl (C=O) groups is 1.